The predicted molar refractivity (Wildman–Crippen MR) is 100 cm³/mol. The molecule has 0 atom stereocenters. The average molecular weight is 380 g/mol. The van der Waals surface area contributed by atoms with Crippen LogP contribution >= 0.6 is 0 Å². The normalized spacial score (nSPS) is 10.9. The molecule has 0 spiro atoms. The van der Waals surface area contributed by atoms with Crippen molar-refractivity contribution in [1.29, 1.82) is 0 Å². The maximum absolute atomic E-state index is 14.3. The van der Waals surface area contributed by atoms with Gasteiger partial charge in [-0.2, -0.15) is 10.1 Å². The summed E-state index contributed by atoms with van der Waals surface area (Å²) >= 11 is 0. The number of aromatic nitrogens is 5. The summed E-state index contributed by atoms with van der Waals surface area (Å²) in [5, 5.41) is 10.9. The zero-order chi connectivity index (χ0) is 19.5. The number of hydrogen-bond donors (Lipinski definition) is 1. The molecule has 3 heterocycles. The predicted octanol–water partition coefficient (Wildman–Crippen LogP) is 2.77. The van der Waals surface area contributed by atoms with Crippen LogP contribution in [-0.2, 0) is 11.3 Å². The number of pyridine rings is 1. The molecule has 0 aliphatic heterocycles. The molecule has 9 heteroatoms. The molecule has 4 rings (SSSR count). The number of fused-ring (bicyclic) bond motifs is 1. The Morgan fingerprint density at radius 2 is 2.18 bits per heavy atom. The van der Waals surface area contributed by atoms with Gasteiger partial charge in [-0.05, 0) is 43.3 Å². The van der Waals surface area contributed by atoms with E-state index < -0.39 is 0 Å². The van der Waals surface area contributed by atoms with Gasteiger partial charge in [0.05, 0.1) is 6.61 Å². The second-order valence-electron chi connectivity index (χ2n) is 5.98. The van der Waals surface area contributed by atoms with E-state index in [1.165, 1.54) is 15.3 Å². The maximum Gasteiger partial charge on any atom is 0.249 e. The van der Waals surface area contributed by atoms with Gasteiger partial charge in [-0.15, -0.1) is 5.10 Å². The fourth-order valence-corrected chi connectivity index (χ4v) is 2.78. The summed E-state index contributed by atoms with van der Waals surface area (Å²) in [5.74, 6) is 0.0907. The first-order valence-corrected chi connectivity index (χ1v) is 8.69. The van der Waals surface area contributed by atoms with Crippen LogP contribution in [0.3, 0.4) is 0 Å². The molecule has 0 bridgehead atoms. The molecular formula is C19H17FN6O2. The number of anilines is 1. The van der Waals surface area contributed by atoms with Crippen molar-refractivity contribution >= 4 is 17.5 Å². The lowest BCUT2D eigenvalue weighted by molar-refractivity contribution is -0.116. The minimum absolute atomic E-state index is 0.0588. The highest BCUT2D eigenvalue weighted by Crippen LogP contribution is 2.27. The third-order valence-corrected chi connectivity index (χ3v) is 4.01. The molecule has 0 unspecified atom stereocenters. The van der Waals surface area contributed by atoms with Crippen molar-refractivity contribution in [1.82, 2.24) is 24.4 Å². The SMILES string of the molecule is CCOc1ccc(F)c(-c2ccc3nc(NC(=O)Cn4cccn4)nn3c2)c1. The minimum atomic E-state index is -0.365. The second-order valence-corrected chi connectivity index (χ2v) is 5.98. The molecule has 4 aromatic rings. The van der Waals surface area contributed by atoms with Gasteiger partial charge in [0, 0.05) is 29.7 Å². The van der Waals surface area contributed by atoms with E-state index in [-0.39, 0.29) is 24.2 Å². The number of nitrogens with one attached hydrogen (secondary N) is 1. The highest BCUT2D eigenvalue weighted by molar-refractivity contribution is 5.88. The Hall–Kier alpha value is -3.75. The van der Waals surface area contributed by atoms with Crippen LogP contribution in [0.2, 0.25) is 0 Å². The Kier molecular flexibility index (Phi) is 4.71. The number of hydrogen-bond acceptors (Lipinski definition) is 5. The first kappa shape index (κ1) is 17.7. The van der Waals surface area contributed by atoms with E-state index in [0.717, 1.165) is 0 Å². The molecular weight excluding hydrogens is 363 g/mol. The number of nitrogens with zero attached hydrogens (tertiary/aromatic N) is 5. The lowest BCUT2D eigenvalue weighted by Gasteiger charge is -2.08. The molecule has 28 heavy (non-hydrogen) atoms. The number of halogens is 1. The van der Waals surface area contributed by atoms with Gasteiger partial charge in [-0.3, -0.25) is 14.8 Å². The maximum atomic E-state index is 14.3. The molecule has 0 aliphatic rings. The summed E-state index contributed by atoms with van der Waals surface area (Å²) in [6.07, 6.45) is 4.94. The lowest BCUT2D eigenvalue weighted by atomic mass is 10.1. The first-order valence-electron chi connectivity index (χ1n) is 8.69. The number of amides is 1. The van der Waals surface area contributed by atoms with E-state index in [4.69, 9.17) is 4.74 Å². The van der Waals surface area contributed by atoms with E-state index in [1.54, 1.807) is 48.9 Å². The van der Waals surface area contributed by atoms with Gasteiger partial charge in [0.1, 0.15) is 18.1 Å². The Labute approximate surface area is 159 Å². The standard InChI is InChI=1S/C19H17FN6O2/c1-2-28-14-5-6-16(20)15(10-14)13-4-7-17-22-19(24-26(17)11-13)23-18(27)12-25-9-3-8-21-25/h3-11H,2,12H2,1H3,(H,23,24,27). The summed E-state index contributed by atoms with van der Waals surface area (Å²) in [6, 6.07) is 9.78. The number of carbonyl (C=O) groups is 1. The Morgan fingerprint density at radius 3 is 2.96 bits per heavy atom. The molecule has 0 fully saturated rings. The number of benzene rings is 1. The largest absolute Gasteiger partial charge is 0.494 e. The minimum Gasteiger partial charge on any atom is -0.494 e. The number of carbonyl (C=O) groups excluding carboxylic acids is 1. The van der Waals surface area contributed by atoms with Crippen LogP contribution in [0, 0.1) is 5.82 Å². The van der Waals surface area contributed by atoms with Crippen LogP contribution < -0.4 is 10.1 Å². The highest BCUT2D eigenvalue weighted by Gasteiger charge is 2.12. The first-order chi connectivity index (χ1) is 13.6. The summed E-state index contributed by atoms with van der Waals surface area (Å²) in [6.45, 7) is 2.42. The van der Waals surface area contributed by atoms with Crippen molar-refractivity contribution in [2.75, 3.05) is 11.9 Å². The molecule has 0 radical (unpaired) electrons. The van der Waals surface area contributed by atoms with Gasteiger partial charge < -0.3 is 4.74 Å². The van der Waals surface area contributed by atoms with E-state index in [1.807, 2.05) is 6.92 Å². The van der Waals surface area contributed by atoms with Gasteiger partial charge in [0.2, 0.25) is 11.9 Å². The number of ether oxygens (including phenoxy) is 1. The fraction of sp³-hybridized carbons (Fsp3) is 0.158. The summed E-state index contributed by atoms with van der Waals surface area (Å²) < 4.78 is 22.7. The van der Waals surface area contributed by atoms with Gasteiger partial charge in [0.25, 0.3) is 0 Å². The molecule has 1 amide bonds. The van der Waals surface area contributed by atoms with Gasteiger partial charge in [-0.25, -0.2) is 8.91 Å². The molecule has 0 saturated heterocycles. The zero-order valence-corrected chi connectivity index (χ0v) is 15.0. The molecule has 3 aromatic heterocycles. The topological polar surface area (TPSA) is 86.3 Å². The van der Waals surface area contributed by atoms with Crippen LogP contribution in [0.15, 0.2) is 55.0 Å². The van der Waals surface area contributed by atoms with Crippen LogP contribution in [0.5, 0.6) is 5.75 Å². The fourth-order valence-electron chi connectivity index (χ4n) is 2.78. The summed E-state index contributed by atoms with van der Waals surface area (Å²) in [5.41, 5.74) is 1.54. The third-order valence-electron chi connectivity index (χ3n) is 4.01. The van der Waals surface area contributed by atoms with E-state index in [0.29, 0.717) is 29.1 Å². The Morgan fingerprint density at radius 1 is 1.29 bits per heavy atom. The van der Waals surface area contributed by atoms with Crippen molar-refractivity contribution in [2.24, 2.45) is 0 Å². The lowest BCUT2D eigenvalue weighted by Crippen LogP contribution is -2.19. The van der Waals surface area contributed by atoms with Crippen molar-refractivity contribution in [3.05, 3.63) is 60.8 Å². The molecule has 0 aliphatic carbocycles. The van der Waals surface area contributed by atoms with Crippen LogP contribution in [-0.4, -0.2) is 36.9 Å². The smallest absolute Gasteiger partial charge is 0.249 e. The summed E-state index contributed by atoms with van der Waals surface area (Å²) in [4.78, 5) is 16.3. The molecule has 1 N–H and O–H groups in total. The average Bonchev–Trinajstić information content (AvgIpc) is 3.31. The van der Waals surface area contributed by atoms with E-state index in [9.17, 15) is 9.18 Å². The Bertz CT molecular complexity index is 1120. The van der Waals surface area contributed by atoms with Crippen LogP contribution in [0.25, 0.3) is 16.8 Å². The van der Waals surface area contributed by atoms with Crippen molar-refractivity contribution in [3.8, 4) is 16.9 Å². The quantitative estimate of drug-likeness (QED) is 0.556. The van der Waals surface area contributed by atoms with Gasteiger partial charge >= 0.3 is 0 Å². The van der Waals surface area contributed by atoms with E-state index in [2.05, 4.69) is 20.5 Å². The third kappa shape index (κ3) is 3.68. The van der Waals surface area contributed by atoms with Crippen molar-refractivity contribution in [3.63, 3.8) is 0 Å². The van der Waals surface area contributed by atoms with Gasteiger partial charge in [0.15, 0.2) is 5.65 Å². The molecule has 1 aromatic carbocycles. The van der Waals surface area contributed by atoms with E-state index >= 15 is 0 Å². The molecule has 142 valence electrons. The Balaban J connectivity index is 1.58. The second kappa shape index (κ2) is 7.47. The number of rotatable bonds is 6. The molecule has 8 nitrogen and oxygen atoms in total. The van der Waals surface area contributed by atoms with Crippen molar-refractivity contribution in [2.45, 2.75) is 13.5 Å². The van der Waals surface area contributed by atoms with Gasteiger partial charge in [-0.1, -0.05) is 0 Å². The molecule has 0 saturated carbocycles. The summed E-state index contributed by atoms with van der Waals surface area (Å²) in [7, 11) is 0. The highest BCUT2D eigenvalue weighted by atomic mass is 19.1. The zero-order valence-electron chi connectivity index (χ0n) is 15.0. The van der Waals surface area contributed by atoms with Crippen LogP contribution in [0.1, 0.15) is 6.92 Å². The monoisotopic (exact) mass is 380 g/mol. The van der Waals surface area contributed by atoms with Crippen LogP contribution in [0.4, 0.5) is 10.3 Å². The van der Waals surface area contributed by atoms with Crippen molar-refractivity contribution < 1.29 is 13.9 Å².